The average molecular weight is 367 g/mol. The Balaban J connectivity index is 1.95. The van der Waals surface area contributed by atoms with E-state index in [1.165, 1.54) is 18.2 Å². The Labute approximate surface area is 145 Å². The van der Waals surface area contributed by atoms with Crippen molar-refractivity contribution in [3.63, 3.8) is 0 Å². The number of hydrogen-bond donors (Lipinski definition) is 1. The Morgan fingerprint density at radius 3 is 2.32 bits per heavy atom. The molecule has 0 aliphatic rings. The molecular weight excluding hydrogens is 348 g/mol. The monoisotopic (exact) mass is 367 g/mol. The molecule has 0 aliphatic heterocycles. The fourth-order valence-corrected chi connectivity index (χ4v) is 3.51. The summed E-state index contributed by atoms with van der Waals surface area (Å²) in [6.45, 7) is 3.46. The predicted molar refractivity (Wildman–Crippen MR) is 90.8 cm³/mol. The Kier molecular flexibility index (Phi) is 5.89. The number of halogens is 2. The minimum Gasteiger partial charge on any atom is -0.350 e. The number of carbonyl (C=O) groups excluding carboxylic acids is 1. The third-order valence-corrected chi connectivity index (χ3v) is 5.53. The van der Waals surface area contributed by atoms with Crippen LogP contribution in [0.3, 0.4) is 0 Å². The molecule has 0 heterocycles. The first-order chi connectivity index (χ1) is 11.7. The number of sulfone groups is 1. The summed E-state index contributed by atoms with van der Waals surface area (Å²) in [7, 11) is -3.56. The van der Waals surface area contributed by atoms with Crippen molar-refractivity contribution in [2.45, 2.75) is 31.2 Å². The molecule has 2 aromatic carbocycles. The van der Waals surface area contributed by atoms with Gasteiger partial charge in [-0.25, -0.2) is 17.2 Å². The van der Waals surface area contributed by atoms with Crippen molar-refractivity contribution in [3.05, 3.63) is 65.2 Å². The molecule has 1 N–H and O–H groups in total. The SMILES string of the molecule is Cc1ccc(S(=O)(=O)CCC(=O)N[C@H](C)c2ccc(F)c(F)c2)cc1. The zero-order chi connectivity index (χ0) is 18.6. The maximum Gasteiger partial charge on any atom is 0.221 e. The van der Waals surface area contributed by atoms with Gasteiger partial charge < -0.3 is 5.32 Å². The molecule has 0 aromatic heterocycles. The number of amides is 1. The number of aryl methyl sites for hydroxylation is 1. The zero-order valence-electron chi connectivity index (χ0n) is 13.9. The molecule has 25 heavy (non-hydrogen) atoms. The van der Waals surface area contributed by atoms with Crippen LogP contribution in [0.5, 0.6) is 0 Å². The van der Waals surface area contributed by atoms with Crippen molar-refractivity contribution in [2.75, 3.05) is 5.75 Å². The average Bonchev–Trinajstić information content (AvgIpc) is 2.56. The van der Waals surface area contributed by atoms with E-state index in [9.17, 15) is 22.0 Å². The summed E-state index contributed by atoms with van der Waals surface area (Å²) in [6, 6.07) is 9.18. The molecule has 0 saturated heterocycles. The molecule has 7 heteroatoms. The lowest BCUT2D eigenvalue weighted by molar-refractivity contribution is -0.121. The van der Waals surface area contributed by atoms with E-state index in [2.05, 4.69) is 5.32 Å². The summed E-state index contributed by atoms with van der Waals surface area (Å²) in [5, 5.41) is 2.58. The minimum absolute atomic E-state index is 0.166. The number of nitrogens with one attached hydrogen (secondary N) is 1. The first kappa shape index (κ1) is 19.1. The van der Waals surface area contributed by atoms with E-state index in [-0.39, 0.29) is 17.1 Å². The van der Waals surface area contributed by atoms with Crippen molar-refractivity contribution < 1.29 is 22.0 Å². The van der Waals surface area contributed by atoms with Crippen LogP contribution in [0.4, 0.5) is 8.78 Å². The van der Waals surface area contributed by atoms with Crippen LogP contribution in [0.25, 0.3) is 0 Å². The van der Waals surface area contributed by atoms with Crippen LogP contribution in [0.1, 0.15) is 30.5 Å². The van der Waals surface area contributed by atoms with Crippen molar-refractivity contribution in [1.29, 1.82) is 0 Å². The van der Waals surface area contributed by atoms with Crippen LogP contribution < -0.4 is 5.32 Å². The standard InChI is InChI=1S/C18H19F2NO3S/c1-12-3-6-15(7-4-12)25(23,24)10-9-18(22)21-13(2)14-5-8-16(19)17(20)11-14/h3-8,11,13H,9-10H2,1-2H3,(H,21,22)/t13-/m1/s1. The fraction of sp³-hybridized carbons (Fsp3) is 0.278. The molecule has 0 unspecified atom stereocenters. The van der Waals surface area contributed by atoms with Gasteiger partial charge in [-0.1, -0.05) is 23.8 Å². The lowest BCUT2D eigenvalue weighted by Gasteiger charge is -2.14. The quantitative estimate of drug-likeness (QED) is 0.852. The van der Waals surface area contributed by atoms with Gasteiger partial charge in [0.2, 0.25) is 5.91 Å². The van der Waals surface area contributed by atoms with Gasteiger partial charge in [-0.05, 0) is 43.7 Å². The van der Waals surface area contributed by atoms with Crippen LogP contribution in [0, 0.1) is 18.6 Å². The zero-order valence-corrected chi connectivity index (χ0v) is 14.7. The van der Waals surface area contributed by atoms with Gasteiger partial charge in [-0.3, -0.25) is 4.79 Å². The maximum absolute atomic E-state index is 13.2. The van der Waals surface area contributed by atoms with E-state index in [1.807, 2.05) is 6.92 Å². The van der Waals surface area contributed by atoms with Crippen molar-refractivity contribution >= 4 is 15.7 Å². The minimum atomic E-state index is -3.56. The van der Waals surface area contributed by atoms with Crippen LogP contribution >= 0.6 is 0 Å². The largest absolute Gasteiger partial charge is 0.350 e. The first-order valence-electron chi connectivity index (χ1n) is 7.73. The molecule has 0 fully saturated rings. The molecule has 4 nitrogen and oxygen atoms in total. The molecule has 1 amide bonds. The normalized spacial score (nSPS) is 12.6. The second-order valence-electron chi connectivity index (χ2n) is 5.84. The highest BCUT2D eigenvalue weighted by Gasteiger charge is 2.18. The van der Waals surface area contributed by atoms with Crippen molar-refractivity contribution in [2.24, 2.45) is 0 Å². The van der Waals surface area contributed by atoms with Gasteiger partial charge in [0.15, 0.2) is 21.5 Å². The van der Waals surface area contributed by atoms with E-state index in [0.29, 0.717) is 5.56 Å². The van der Waals surface area contributed by atoms with Gasteiger partial charge in [0.05, 0.1) is 16.7 Å². The molecule has 2 rings (SSSR count). The molecular formula is C18H19F2NO3S. The summed E-state index contributed by atoms with van der Waals surface area (Å²) in [6.07, 6.45) is -0.218. The van der Waals surface area contributed by atoms with E-state index in [0.717, 1.165) is 17.7 Å². The second kappa shape index (κ2) is 7.74. The Morgan fingerprint density at radius 1 is 1.08 bits per heavy atom. The first-order valence-corrected chi connectivity index (χ1v) is 9.38. The molecule has 0 aliphatic carbocycles. The van der Waals surface area contributed by atoms with Crippen molar-refractivity contribution in [1.82, 2.24) is 5.32 Å². The van der Waals surface area contributed by atoms with Gasteiger partial charge in [0.25, 0.3) is 0 Å². The van der Waals surface area contributed by atoms with Gasteiger partial charge in [-0.15, -0.1) is 0 Å². The Hall–Kier alpha value is -2.28. The number of hydrogen-bond acceptors (Lipinski definition) is 3. The highest BCUT2D eigenvalue weighted by Crippen LogP contribution is 2.17. The lowest BCUT2D eigenvalue weighted by Crippen LogP contribution is -2.28. The highest BCUT2D eigenvalue weighted by atomic mass is 32.2. The molecule has 2 aromatic rings. The van der Waals surface area contributed by atoms with E-state index >= 15 is 0 Å². The smallest absolute Gasteiger partial charge is 0.221 e. The van der Waals surface area contributed by atoms with E-state index < -0.39 is 33.4 Å². The molecule has 0 saturated carbocycles. The van der Waals surface area contributed by atoms with Gasteiger partial charge >= 0.3 is 0 Å². The van der Waals surface area contributed by atoms with Crippen LogP contribution in [0.2, 0.25) is 0 Å². The molecule has 134 valence electrons. The molecule has 0 radical (unpaired) electrons. The summed E-state index contributed by atoms with van der Waals surface area (Å²) in [5.41, 5.74) is 1.34. The van der Waals surface area contributed by atoms with Crippen LogP contribution in [-0.4, -0.2) is 20.1 Å². The predicted octanol–water partition coefficient (Wildman–Crippen LogP) is 3.31. The van der Waals surface area contributed by atoms with E-state index in [1.54, 1.807) is 19.1 Å². The topological polar surface area (TPSA) is 63.2 Å². The summed E-state index contributed by atoms with van der Waals surface area (Å²) in [4.78, 5) is 12.1. The van der Waals surface area contributed by atoms with Crippen molar-refractivity contribution in [3.8, 4) is 0 Å². The Morgan fingerprint density at radius 2 is 1.72 bits per heavy atom. The van der Waals surface area contributed by atoms with E-state index in [4.69, 9.17) is 0 Å². The maximum atomic E-state index is 13.2. The van der Waals surface area contributed by atoms with Gasteiger partial charge in [0.1, 0.15) is 0 Å². The van der Waals surface area contributed by atoms with Crippen LogP contribution in [0.15, 0.2) is 47.4 Å². The number of rotatable bonds is 6. The highest BCUT2D eigenvalue weighted by molar-refractivity contribution is 7.91. The summed E-state index contributed by atoms with van der Waals surface area (Å²) < 4.78 is 50.6. The summed E-state index contributed by atoms with van der Waals surface area (Å²) in [5.74, 6) is -2.77. The molecule has 0 bridgehead atoms. The third kappa shape index (κ3) is 5.09. The lowest BCUT2D eigenvalue weighted by atomic mass is 10.1. The molecule has 1 atom stereocenters. The van der Waals surface area contributed by atoms with Gasteiger partial charge in [0, 0.05) is 6.42 Å². The fourth-order valence-electron chi connectivity index (χ4n) is 2.27. The third-order valence-electron chi connectivity index (χ3n) is 3.80. The second-order valence-corrected chi connectivity index (χ2v) is 7.95. The number of carbonyl (C=O) groups is 1. The Bertz CT molecular complexity index is 864. The van der Waals surface area contributed by atoms with Crippen LogP contribution in [-0.2, 0) is 14.6 Å². The number of benzene rings is 2. The van der Waals surface area contributed by atoms with Gasteiger partial charge in [-0.2, -0.15) is 0 Å². The molecule has 0 spiro atoms. The summed E-state index contributed by atoms with van der Waals surface area (Å²) >= 11 is 0.